The van der Waals surface area contributed by atoms with E-state index in [1.165, 1.54) is 12.1 Å². The van der Waals surface area contributed by atoms with E-state index in [1.807, 2.05) is 0 Å². The van der Waals surface area contributed by atoms with Crippen LogP contribution in [0.3, 0.4) is 0 Å². The van der Waals surface area contributed by atoms with Crippen LogP contribution in [0.5, 0.6) is 0 Å². The summed E-state index contributed by atoms with van der Waals surface area (Å²) in [5.74, 6) is -0.214. The summed E-state index contributed by atoms with van der Waals surface area (Å²) in [7, 11) is 0. The fourth-order valence-electron chi connectivity index (χ4n) is 2.07. The fourth-order valence-corrected chi connectivity index (χ4v) is 2.07. The predicted molar refractivity (Wildman–Crippen MR) is 79.5 cm³/mol. The number of nitro groups is 1. The van der Waals surface area contributed by atoms with E-state index in [4.69, 9.17) is 0 Å². The Morgan fingerprint density at radius 1 is 1.23 bits per heavy atom. The number of fused-ring (bicyclic) bond motifs is 1. The Bertz CT molecular complexity index is 839. The molecule has 7 heteroatoms. The van der Waals surface area contributed by atoms with Gasteiger partial charge in [0.2, 0.25) is 0 Å². The zero-order valence-corrected chi connectivity index (χ0v) is 11.5. The lowest BCUT2D eigenvalue weighted by molar-refractivity contribution is -0.384. The summed E-state index contributed by atoms with van der Waals surface area (Å²) < 4.78 is 1.76. The number of hydrogen-bond acceptors (Lipinski definition) is 4. The van der Waals surface area contributed by atoms with Crippen molar-refractivity contribution < 1.29 is 9.72 Å². The van der Waals surface area contributed by atoms with Gasteiger partial charge in [-0.25, -0.2) is 4.98 Å². The molecule has 0 aliphatic heterocycles. The molecule has 0 aliphatic carbocycles. The highest BCUT2D eigenvalue weighted by molar-refractivity contribution is 5.94. The third kappa shape index (κ3) is 2.78. The fraction of sp³-hybridized carbons (Fsp3) is 0.0667. The second-order valence-electron chi connectivity index (χ2n) is 4.72. The number of benzene rings is 1. The van der Waals surface area contributed by atoms with Gasteiger partial charge in [-0.2, -0.15) is 0 Å². The summed E-state index contributed by atoms with van der Waals surface area (Å²) in [6, 6.07) is 9.54. The van der Waals surface area contributed by atoms with Gasteiger partial charge in [-0.05, 0) is 17.7 Å². The Morgan fingerprint density at radius 2 is 2.00 bits per heavy atom. The average molecular weight is 296 g/mol. The van der Waals surface area contributed by atoms with Crippen LogP contribution in [0.2, 0.25) is 0 Å². The predicted octanol–water partition coefficient (Wildman–Crippen LogP) is 2.17. The van der Waals surface area contributed by atoms with Crippen molar-refractivity contribution in [3.8, 4) is 0 Å². The molecule has 0 atom stereocenters. The molecular weight excluding hydrogens is 284 g/mol. The average Bonchev–Trinajstić information content (AvgIpc) is 3.00. The molecule has 0 fully saturated rings. The number of imidazole rings is 1. The molecule has 0 bridgehead atoms. The van der Waals surface area contributed by atoms with Crippen molar-refractivity contribution in [3.63, 3.8) is 0 Å². The molecule has 2 aromatic heterocycles. The first kappa shape index (κ1) is 13.7. The lowest BCUT2D eigenvalue weighted by Crippen LogP contribution is -2.23. The van der Waals surface area contributed by atoms with Gasteiger partial charge in [-0.1, -0.05) is 12.1 Å². The van der Waals surface area contributed by atoms with Gasteiger partial charge >= 0.3 is 0 Å². The Labute approximate surface area is 125 Å². The van der Waals surface area contributed by atoms with Crippen molar-refractivity contribution >= 4 is 17.2 Å². The van der Waals surface area contributed by atoms with Crippen LogP contribution < -0.4 is 5.32 Å². The van der Waals surface area contributed by atoms with Gasteiger partial charge in [-0.15, -0.1) is 0 Å². The lowest BCUT2D eigenvalue weighted by atomic mass is 10.2. The van der Waals surface area contributed by atoms with Gasteiger partial charge in [0.1, 0.15) is 5.65 Å². The van der Waals surface area contributed by atoms with E-state index in [1.54, 1.807) is 47.3 Å². The molecule has 0 unspecified atom stereocenters. The number of carbonyl (C=O) groups excluding carboxylic acids is 1. The Morgan fingerprint density at radius 3 is 2.73 bits per heavy atom. The molecule has 1 N–H and O–H groups in total. The van der Waals surface area contributed by atoms with E-state index in [-0.39, 0.29) is 11.6 Å². The van der Waals surface area contributed by atoms with E-state index in [9.17, 15) is 14.9 Å². The quantitative estimate of drug-likeness (QED) is 0.590. The van der Waals surface area contributed by atoms with Crippen LogP contribution in [0.25, 0.3) is 5.65 Å². The molecule has 3 rings (SSSR count). The summed E-state index contributed by atoms with van der Waals surface area (Å²) in [4.78, 5) is 26.3. The molecular formula is C15H12N4O3. The SMILES string of the molecule is O=C(NCc1ccc([N+](=O)[O-])cc1)c1ccc2nccn2c1. The van der Waals surface area contributed by atoms with E-state index in [2.05, 4.69) is 10.3 Å². The maximum Gasteiger partial charge on any atom is 0.269 e. The Hall–Kier alpha value is -3.22. The van der Waals surface area contributed by atoms with E-state index >= 15 is 0 Å². The van der Waals surface area contributed by atoms with E-state index in [0.29, 0.717) is 12.1 Å². The normalized spacial score (nSPS) is 10.5. The minimum absolute atomic E-state index is 0.0284. The summed E-state index contributed by atoms with van der Waals surface area (Å²) in [6.45, 7) is 0.304. The number of aromatic nitrogens is 2. The van der Waals surface area contributed by atoms with Gasteiger partial charge in [0.05, 0.1) is 10.5 Å². The molecule has 22 heavy (non-hydrogen) atoms. The van der Waals surface area contributed by atoms with Crippen molar-refractivity contribution in [1.82, 2.24) is 14.7 Å². The number of non-ortho nitro benzene ring substituents is 1. The lowest BCUT2D eigenvalue weighted by Gasteiger charge is -2.06. The molecule has 1 amide bonds. The number of rotatable bonds is 4. The van der Waals surface area contributed by atoms with Gasteiger partial charge in [-0.3, -0.25) is 14.9 Å². The second kappa shape index (κ2) is 5.65. The highest BCUT2D eigenvalue weighted by atomic mass is 16.6. The topological polar surface area (TPSA) is 89.5 Å². The molecule has 1 aromatic carbocycles. The van der Waals surface area contributed by atoms with Crippen molar-refractivity contribution in [3.05, 3.63) is 76.2 Å². The first-order valence-electron chi connectivity index (χ1n) is 6.58. The van der Waals surface area contributed by atoms with Crippen LogP contribution in [0.4, 0.5) is 5.69 Å². The molecule has 0 aliphatic rings. The molecule has 0 saturated heterocycles. The van der Waals surface area contributed by atoms with Crippen LogP contribution >= 0.6 is 0 Å². The van der Waals surface area contributed by atoms with Crippen LogP contribution in [0.1, 0.15) is 15.9 Å². The number of carbonyl (C=O) groups is 1. The third-order valence-corrected chi connectivity index (χ3v) is 3.25. The molecule has 0 saturated carbocycles. The third-order valence-electron chi connectivity index (χ3n) is 3.25. The maximum atomic E-state index is 12.1. The monoisotopic (exact) mass is 296 g/mol. The number of nitro benzene ring substituents is 1. The smallest absolute Gasteiger partial charge is 0.269 e. The van der Waals surface area contributed by atoms with Crippen LogP contribution in [-0.2, 0) is 6.54 Å². The van der Waals surface area contributed by atoms with Crippen molar-refractivity contribution in [2.75, 3.05) is 0 Å². The molecule has 2 heterocycles. The molecule has 110 valence electrons. The minimum atomic E-state index is -0.456. The summed E-state index contributed by atoms with van der Waals surface area (Å²) in [5, 5.41) is 13.4. The zero-order chi connectivity index (χ0) is 15.5. The van der Waals surface area contributed by atoms with Crippen molar-refractivity contribution in [2.45, 2.75) is 6.54 Å². The number of pyridine rings is 1. The summed E-state index contributed by atoms with van der Waals surface area (Å²) >= 11 is 0. The summed E-state index contributed by atoms with van der Waals surface area (Å²) in [6.07, 6.45) is 5.13. The van der Waals surface area contributed by atoms with E-state index in [0.717, 1.165) is 11.2 Å². The first-order valence-corrected chi connectivity index (χ1v) is 6.58. The molecule has 3 aromatic rings. The standard InChI is InChI=1S/C15H12N4O3/c20-15(12-3-6-14-16-7-8-18(14)10-12)17-9-11-1-4-13(5-2-11)19(21)22/h1-8,10H,9H2,(H,17,20). The minimum Gasteiger partial charge on any atom is -0.348 e. The summed E-state index contributed by atoms with van der Waals surface area (Å²) in [5.41, 5.74) is 2.11. The number of nitrogens with one attached hydrogen (secondary N) is 1. The van der Waals surface area contributed by atoms with E-state index < -0.39 is 4.92 Å². The van der Waals surface area contributed by atoms with Crippen molar-refractivity contribution in [1.29, 1.82) is 0 Å². The van der Waals surface area contributed by atoms with Crippen molar-refractivity contribution in [2.24, 2.45) is 0 Å². The van der Waals surface area contributed by atoms with Crippen LogP contribution in [-0.4, -0.2) is 20.2 Å². The van der Waals surface area contributed by atoms with Gasteiger partial charge < -0.3 is 9.72 Å². The van der Waals surface area contributed by atoms with Crippen LogP contribution in [0.15, 0.2) is 55.0 Å². The largest absolute Gasteiger partial charge is 0.348 e. The first-order chi connectivity index (χ1) is 10.6. The highest BCUT2D eigenvalue weighted by Gasteiger charge is 2.08. The van der Waals surface area contributed by atoms with Crippen LogP contribution in [0, 0.1) is 10.1 Å². The maximum absolute atomic E-state index is 12.1. The molecule has 0 radical (unpaired) electrons. The number of hydrogen-bond donors (Lipinski definition) is 1. The molecule has 0 spiro atoms. The number of nitrogens with zero attached hydrogens (tertiary/aromatic N) is 3. The zero-order valence-electron chi connectivity index (χ0n) is 11.5. The highest BCUT2D eigenvalue weighted by Crippen LogP contribution is 2.12. The van der Waals surface area contributed by atoms with Gasteiger partial charge in [0, 0.05) is 37.3 Å². The molecule has 7 nitrogen and oxygen atoms in total. The van der Waals surface area contributed by atoms with Gasteiger partial charge in [0.25, 0.3) is 11.6 Å². The second-order valence-corrected chi connectivity index (χ2v) is 4.72. The van der Waals surface area contributed by atoms with Gasteiger partial charge in [0.15, 0.2) is 0 Å². The Kier molecular flexibility index (Phi) is 3.53. The number of amides is 1. The Balaban J connectivity index is 1.67.